The molecule has 1 aromatic rings. The predicted octanol–water partition coefficient (Wildman–Crippen LogP) is 3.57. The van der Waals surface area contributed by atoms with Crippen LogP contribution in [0.25, 0.3) is 0 Å². The van der Waals surface area contributed by atoms with E-state index in [2.05, 4.69) is 48.9 Å². The lowest BCUT2D eigenvalue weighted by Gasteiger charge is -2.13. The fourth-order valence-corrected chi connectivity index (χ4v) is 2.37. The molecule has 0 aliphatic carbocycles. The summed E-state index contributed by atoms with van der Waals surface area (Å²) < 4.78 is 2.21. The summed E-state index contributed by atoms with van der Waals surface area (Å²) >= 11 is 0. The average Bonchev–Trinajstić information content (AvgIpc) is 2.83. The standard InChI is InChI=1S/C16H31N3/c1-5-11-17-14(4)10-8-9-12-19-16(7-3)13-15(6-2)18-19/h13-14,17H,5-12H2,1-4H3. The molecule has 0 aliphatic rings. The number of nitrogens with zero attached hydrogens (tertiary/aromatic N) is 2. The van der Waals surface area contributed by atoms with Crippen LogP contribution in [-0.2, 0) is 19.4 Å². The van der Waals surface area contributed by atoms with Crippen molar-refractivity contribution in [2.75, 3.05) is 6.54 Å². The minimum absolute atomic E-state index is 0.648. The van der Waals surface area contributed by atoms with Crippen molar-refractivity contribution in [3.8, 4) is 0 Å². The minimum Gasteiger partial charge on any atom is -0.314 e. The number of nitrogens with one attached hydrogen (secondary N) is 1. The van der Waals surface area contributed by atoms with E-state index < -0.39 is 0 Å². The smallest absolute Gasteiger partial charge is 0.0624 e. The number of aromatic nitrogens is 2. The third-order valence-corrected chi connectivity index (χ3v) is 3.64. The third-order valence-electron chi connectivity index (χ3n) is 3.64. The van der Waals surface area contributed by atoms with Crippen molar-refractivity contribution in [2.45, 2.75) is 78.8 Å². The van der Waals surface area contributed by atoms with Gasteiger partial charge in [-0.3, -0.25) is 4.68 Å². The van der Waals surface area contributed by atoms with Gasteiger partial charge in [0.2, 0.25) is 0 Å². The Morgan fingerprint density at radius 1 is 1.21 bits per heavy atom. The van der Waals surface area contributed by atoms with Crippen molar-refractivity contribution in [3.05, 3.63) is 17.5 Å². The van der Waals surface area contributed by atoms with Crippen LogP contribution in [0.4, 0.5) is 0 Å². The lowest BCUT2D eigenvalue weighted by Crippen LogP contribution is -2.26. The highest BCUT2D eigenvalue weighted by Crippen LogP contribution is 2.09. The molecule has 0 bridgehead atoms. The summed E-state index contributed by atoms with van der Waals surface area (Å²) in [6.07, 6.45) is 7.12. The van der Waals surface area contributed by atoms with E-state index in [-0.39, 0.29) is 0 Å². The fourth-order valence-electron chi connectivity index (χ4n) is 2.37. The van der Waals surface area contributed by atoms with Gasteiger partial charge in [0, 0.05) is 18.3 Å². The minimum atomic E-state index is 0.648. The zero-order valence-corrected chi connectivity index (χ0v) is 13.2. The van der Waals surface area contributed by atoms with Gasteiger partial charge in [0.15, 0.2) is 0 Å². The van der Waals surface area contributed by atoms with Crippen molar-refractivity contribution < 1.29 is 0 Å². The Morgan fingerprint density at radius 3 is 2.63 bits per heavy atom. The molecule has 1 heterocycles. The second-order valence-electron chi connectivity index (χ2n) is 5.41. The average molecular weight is 265 g/mol. The highest BCUT2D eigenvalue weighted by atomic mass is 15.3. The first-order valence-corrected chi connectivity index (χ1v) is 8.00. The maximum atomic E-state index is 4.67. The molecule has 1 rings (SSSR count). The summed E-state index contributed by atoms with van der Waals surface area (Å²) in [5, 5.41) is 8.21. The summed E-state index contributed by atoms with van der Waals surface area (Å²) in [5.41, 5.74) is 2.61. The van der Waals surface area contributed by atoms with Gasteiger partial charge in [0.05, 0.1) is 5.69 Å². The van der Waals surface area contributed by atoms with E-state index in [0.717, 1.165) is 25.9 Å². The maximum absolute atomic E-state index is 4.67. The first-order chi connectivity index (χ1) is 9.21. The Kier molecular flexibility index (Phi) is 7.80. The zero-order chi connectivity index (χ0) is 14.1. The molecule has 0 aliphatic heterocycles. The lowest BCUT2D eigenvalue weighted by atomic mass is 10.1. The topological polar surface area (TPSA) is 29.9 Å². The number of rotatable bonds is 10. The molecular formula is C16H31N3. The van der Waals surface area contributed by atoms with Crippen molar-refractivity contribution in [1.29, 1.82) is 0 Å². The molecule has 1 N–H and O–H groups in total. The maximum Gasteiger partial charge on any atom is 0.0624 e. The van der Waals surface area contributed by atoms with Crippen molar-refractivity contribution in [1.82, 2.24) is 15.1 Å². The van der Waals surface area contributed by atoms with Crippen molar-refractivity contribution >= 4 is 0 Å². The van der Waals surface area contributed by atoms with Gasteiger partial charge in [-0.25, -0.2) is 0 Å². The van der Waals surface area contributed by atoms with Gasteiger partial charge in [0.25, 0.3) is 0 Å². The molecule has 3 heteroatoms. The Balaban J connectivity index is 2.27. The number of unbranched alkanes of at least 4 members (excludes halogenated alkanes) is 1. The van der Waals surface area contributed by atoms with Gasteiger partial charge in [-0.15, -0.1) is 0 Å². The quantitative estimate of drug-likeness (QED) is 0.655. The molecule has 1 atom stereocenters. The van der Waals surface area contributed by atoms with Crippen LogP contribution in [0.2, 0.25) is 0 Å². The summed E-state index contributed by atoms with van der Waals surface area (Å²) in [6, 6.07) is 2.90. The first-order valence-electron chi connectivity index (χ1n) is 8.00. The van der Waals surface area contributed by atoms with E-state index in [1.54, 1.807) is 0 Å². The van der Waals surface area contributed by atoms with Gasteiger partial charge in [-0.2, -0.15) is 5.10 Å². The van der Waals surface area contributed by atoms with E-state index in [1.807, 2.05) is 0 Å². The number of hydrogen-bond acceptors (Lipinski definition) is 2. The van der Waals surface area contributed by atoms with Crippen LogP contribution in [0.3, 0.4) is 0 Å². The molecule has 110 valence electrons. The first kappa shape index (κ1) is 16.2. The molecule has 3 nitrogen and oxygen atoms in total. The second kappa shape index (κ2) is 9.13. The fraction of sp³-hybridized carbons (Fsp3) is 0.812. The van der Waals surface area contributed by atoms with Crippen LogP contribution < -0.4 is 5.32 Å². The normalized spacial score (nSPS) is 12.8. The third kappa shape index (κ3) is 5.77. The Labute approximate surface area is 118 Å². The van der Waals surface area contributed by atoms with E-state index in [1.165, 1.54) is 37.1 Å². The molecular weight excluding hydrogens is 234 g/mol. The van der Waals surface area contributed by atoms with Gasteiger partial charge in [-0.1, -0.05) is 27.2 Å². The molecule has 0 radical (unpaired) electrons. The molecule has 0 fully saturated rings. The van der Waals surface area contributed by atoms with Crippen LogP contribution in [-0.4, -0.2) is 22.4 Å². The van der Waals surface area contributed by atoms with Crippen LogP contribution in [0.1, 0.15) is 64.8 Å². The molecule has 0 amide bonds. The molecule has 19 heavy (non-hydrogen) atoms. The number of hydrogen-bond donors (Lipinski definition) is 1. The summed E-state index contributed by atoms with van der Waals surface area (Å²) in [5.74, 6) is 0. The van der Waals surface area contributed by atoms with Gasteiger partial charge >= 0.3 is 0 Å². The zero-order valence-electron chi connectivity index (χ0n) is 13.2. The molecule has 0 saturated heterocycles. The molecule has 0 saturated carbocycles. The van der Waals surface area contributed by atoms with E-state index >= 15 is 0 Å². The van der Waals surface area contributed by atoms with Gasteiger partial charge in [0.1, 0.15) is 0 Å². The van der Waals surface area contributed by atoms with Crippen LogP contribution >= 0.6 is 0 Å². The van der Waals surface area contributed by atoms with Crippen LogP contribution in [0.5, 0.6) is 0 Å². The van der Waals surface area contributed by atoms with E-state index in [9.17, 15) is 0 Å². The van der Waals surface area contributed by atoms with Crippen molar-refractivity contribution in [3.63, 3.8) is 0 Å². The number of aryl methyl sites for hydroxylation is 3. The van der Waals surface area contributed by atoms with E-state index in [4.69, 9.17) is 0 Å². The lowest BCUT2D eigenvalue weighted by molar-refractivity contribution is 0.462. The molecule has 0 spiro atoms. The predicted molar refractivity (Wildman–Crippen MR) is 82.6 cm³/mol. The Morgan fingerprint density at radius 2 is 2.00 bits per heavy atom. The molecule has 0 aromatic carbocycles. The SMILES string of the molecule is CCCNC(C)CCCCn1nc(CC)cc1CC. The Hall–Kier alpha value is -0.830. The summed E-state index contributed by atoms with van der Waals surface area (Å²) in [6.45, 7) is 11.1. The second-order valence-corrected chi connectivity index (χ2v) is 5.41. The van der Waals surface area contributed by atoms with Crippen molar-refractivity contribution in [2.24, 2.45) is 0 Å². The highest BCUT2D eigenvalue weighted by molar-refractivity contribution is 5.10. The van der Waals surface area contributed by atoms with Gasteiger partial charge < -0.3 is 5.32 Å². The molecule has 1 unspecified atom stereocenters. The largest absolute Gasteiger partial charge is 0.314 e. The summed E-state index contributed by atoms with van der Waals surface area (Å²) in [4.78, 5) is 0. The molecule has 1 aromatic heterocycles. The monoisotopic (exact) mass is 265 g/mol. The van der Waals surface area contributed by atoms with Gasteiger partial charge in [-0.05, 0) is 51.6 Å². The van der Waals surface area contributed by atoms with Crippen LogP contribution in [0.15, 0.2) is 6.07 Å². The van der Waals surface area contributed by atoms with Crippen LogP contribution in [0, 0.1) is 0 Å². The van der Waals surface area contributed by atoms with E-state index in [0.29, 0.717) is 6.04 Å². The Bertz CT molecular complexity index is 344. The summed E-state index contributed by atoms with van der Waals surface area (Å²) in [7, 11) is 0. The highest BCUT2D eigenvalue weighted by Gasteiger charge is 2.05.